The molecule has 1 aromatic heterocycles. The summed E-state index contributed by atoms with van der Waals surface area (Å²) in [5.74, 6) is 0.00133. The third-order valence-electron chi connectivity index (χ3n) is 4.54. The molecule has 1 N–H and O–H groups in total. The Morgan fingerprint density at radius 2 is 1.79 bits per heavy atom. The average molecular weight is 329 g/mol. The van der Waals surface area contributed by atoms with Crippen LogP contribution in [0.1, 0.15) is 24.2 Å². The molecule has 0 spiro atoms. The minimum Gasteiger partial charge on any atom is -0.345 e. The summed E-state index contributed by atoms with van der Waals surface area (Å²) >= 11 is 0. The fourth-order valence-corrected chi connectivity index (χ4v) is 3.05. The second-order valence-corrected chi connectivity index (χ2v) is 5.87. The van der Waals surface area contributed by atoms with Gasteiger partial charge in [-0.25, -0.2) is 9.78 Å². The molecule has 1 aromatic carbocycles. The van der Waals surface area contributed by atoms with Crippen molar-refractivity contribution in [2.45, 2.75) is 13.8 Å². The Bertz CT molecular complexity index is 729. The lowest BCUT2D eigenvalue weighted by Crippen LogP contribution is -2.54. The van der Waals surface area contributed by atoms with Crippen molar-refractivity contribution < 1.29 is 9.59 Å². The number of rotatable bonds is 3. The third-order valence-corrected chi connectivity index (χ3v) is 4.54. The molecule has 0 aliphatic carbocycles. The van der Waals surface area contributed by atoms with Crippen molar-refractivity contribution in [2.24, 2.45) is 0 Å². The van der Waals surface area contributed by atoms with Crippen LogP contribution in [0.5, 0.6) is 0 Å². The van der Waals surface area contributed by atoms with Gasteiger partial charge in [0.2, 0.25) is 0 Å². The van der Waals surface area contributed by atoms with Crippen molar-refractivity contribution >= 4 is 23.0 Å². The molecule has 1 saturated heterocycles. The van der Waals surface area contributed by atoms with Gasteiger partial charge in [0, 0.05) is 44.8 Å². The monoisotopic (exact) mass is 329 g/mol. The summed E-state index contributed by atoms with van der Waals surface area (Å²) in [5, 5.41) is 0. The van der Waals surface area contributed by atoms with Crippen LogP contribution in [0.4, 0.5) is 4.79 Å². The number of H-pyrrole nitrogens is 1. The molecular weight excluding hydrogens is 306 g/mol. The van der Waals surface area contributed by atoms with E-state index in [9.17, 15) is 9.59 Å². The van der Waals surface area contributed by atoms with Gasteiger partial charge in [-0.05, 0) is 32.0 Å². The highest BCUT2D eigenvalue weighted by Crippen LogP contribution is 2.15. The lowest BCUT2D eigenvalue weighted by Gasteiger charge is -2.37. The maximum Gasteiger partial charge on any atom is 0.320 e. The molecule has 1 fully saturated rings. The van der Waals surface area contributed by atoms with Crippen molar-refractivity contribution in [2.75, 3.05) is 39.3 Å². The predicted octanol–water partition coefficient (Wildman–Crippen LogP) is 1.78. The molecule has 0 saturated carbocycles. The van der Waals surface area contributed by atoms with Gasteiger partial charge >= 0.3 is 6.03 Å². The number of benzene rings is 1. The Morgan fingerprint density at radius 1 is 1.12 bits per heavy atom. The number of carbonyl (C=O) groups excluding carboxylic acids is 2. The Hall–Kier alpha value is -2.57. The number of urea groups is 1. The summed E-state index contributed by atoms with van der Waals surface area (Å²) in [6, 6.07) is 5.54. The minimum absolute atomic E-state index is 0.00133. The number of imidazole rings is 1. The largest absolute Gasteiger partial charge is 0.345 e. The number of aromatic nitrogens is 2. The summed E-state index contributed by atoms with van der Waals surface area (Å²) in [6.45, 7) is 7.65. The van der Waals surface area contributed by atoms with E-state index in [1.807, 2.05) is 40.7 Å². The van der Waals surface area contributed by atoms with Crippen molar-refractivity contribution in [3.63, 3.8) is 0 Å². The predicted molar refractivity (Wildman–Crippen MR) is 91.9 cm³/mol. The van der Waals surface area contributed by atoms with Gasteiger partial charge in [0.1, 0.15) is 0 Å². The number of piperazine rings is 1. The molecule has 0 radical (unpaired) electrons. The van der Waals surface area contributed by atoms with E-state index < -0.39 is 0 Å². The normalized spacial score (nSPS) is 14.9. The Kier molecular flexibility index (Phi) is 4.69. The van der Waals surface area contributed by atoms with Crippen molar-refractivity contribution in [1.29, 1.82) is 0 Å². The topological polar surface area (TPSA) is 72.5 Å². The quantitative estimate of drug-likeness (QED) is 0.933. The number of nitrogens with zero attached hydrogens (tertiary/aromatic N) is 4. The van der Waals surface area contributed by atoms with E-state index in [4.69, 9.17) is 0 Å². The molecular formula is C17H23N5O2. The number of amides is 3. The maximum absolute atomic E-state index is 12.7. The lowest BCUT2D eigenvalue weighted by atomic mass is 10.1. The number of nitrogens with one attached hydrogen (secondary N) is 1. The molecule has 1 aliphatic rings. The molecule has 24 heavy (non-hydrogen) atoms. The highest BCUT2D eigenvalue weighted by molar-refractivity contribution is 5.97. The van der Waals surface area contributed by atoms with E-state index in [2.05, 4.69) is 9.97 Å². The molecule has 7 heteroatoms. The van der Waals surface area contributed by atoms with Crippen LogP contribution in [0.3, 0.4) is 0 Å². The Balaban J connectivity index is 1.63. The van der Waals surface area contributed by atoms with Gasteiger partial charge in [0.15, 0.2) is 0 Å². The molecule has 128 valence electrons. The summed E-state index contributed by atoms with van der Waals surface area (Å²) in [4.78, 5) is 37.7. The van der Waals surface area contributed by atoms with E-state index in [1.165, 1.54) is 0 Å². The van der Waals surface area contributed by atoms with Gasteiger partial charge in [-0.1, -0.05) is 0 Å². The van der Waals surface area contributed by atoms with E-state index in [1.54, 1.807) is 12.4 Å². The summed E-state index contributed by atoms with van der Waals surface area (Å²) in [6.07, 6.45) is 1.62. The molecule has 2 aromatic rings. The Labute approximate surface area is 141 Å². The van der Waals surface area contributed by atoms with E-state index in [0.717, 1.165) is 11.0 Å². The molecule has 2 heterocycles. The SMILES string of the molecule is CCN(CC)C(=O)N1CCN(C(=O)c2ccc3nc[nH]c3c2)CC1. The van der Waals surface area contributed by atoms with Crippen LogP contribution in [-0.4, -0.2) is 75.9 Å². The highest BCUT2D eigenvalue weighted by atomic mass is 16.2. The first-order valence-electron chi connectivity index (χ1n) is 8.40. The fraction of sp³-hybridized carbons (Fsp3) is 0.471. The van der Waals surface area contributed by atoms with Crippen LogP contribution in [-0.2, 0) is 0 Å². The highest BCUT2D eigenvalue weighted by Gasteiger charge is 2.26. The zero-order valence-electron chi connectivity index (χ0n) is 14.2. The molecule has 0 unspecified atom stereocenters. The molecule has 0 bridgehead atoms. The van der Waals surface area contributed by atoms with Gasteiger partial charge in [-0.3, -0.25) is 4.79 Å². The average Bonchev–Trinajstić information content (AvgIpc) is 3.10. The van der Waals surface area contributed by atoms with Gasteiger partial charge in [0.25, 0.3) is 5.91 Å². The molecule has 3 amide bonds. The maximum atomic E-state index is 12.7. The Morgan fingerprint density at radius 3 is 2.46 bits per heavy atom. The second kappa shape index (κ2) is 6.90. The minimum atomic E-state index is 0.00133. The van der Waals surface area contributed by atoms with Gasteiger partial charge in [-0.15, -0.1) is 0 Å². The summed E-state index contributed by atoms with van der Waals surface area (Å²) < 4.78 is 0. The van der Waals surface area contributed by atoms with Crippen LogP contribution >= 0.6 is 0 Å². The van der Waals surface area contributed by atoms with Gasteiger partial charge in [-0.2, -0.15) is 0 Å². The number of carbonyl (C=O) groups is 2. The molecule has 3 rings (SSSR count). The van der Waals surface area contributed by atoms with E-state index in [-0.39, 0.29) is 11.9 Å². The first kappa shape index (κ1) is 16.3. The number of aromatic amines is 1. The smallest absolute Gasteiger partial charge is 0.320 e. The molecule has 7 nitrogen and oxygen atoms in total. The second-order valence-electron chi connectivity index (χ2n) is 5.87. The van der Waals surface area contributed by atoms with Crippen LogP contribution in [0.25, 0.3) is 11.0 Å². The zero-order valence-corrected chi connectivity index (χ0v) is 14.2. The number of fused-ring (bicyclic) bond motifs is 1. The van der Waals surface area contributed by atoms with Gasteiger partial charge in [0.05, 0.1) is 17.4 Å². The molecule has 1 aliphatic heterocycles. The fourth-order valence-electron chi connectivity index (χ4n) is 3.05. The standard InChI is InChI=1S/C17H23N5O2/c1-3-20(4-2)17(24)22-9-7-21(8-10-22)16(23)13-5-6-14-15(11-13)19-12-18-14/h5-6,11-12H,3-4,7-10H2,1-2H3,(H,18,19). The van der Waals surface area contributed by atoms with Crippen LogP contribution in [0.2, 0.25) is 0 Å². The zero-order chi connectivity index (χ0) is 17.1. The van der Waals surface area contributed by atoms with Crippen LogP contribution < -0.4 is 0 Å². The summed E-state index contributed by atoms with van der Waals surface area (Å²) in [7, 11) is 0. The first-order valence-corrected chi connectivity index (χ1v) is 8.40. The summed E-state index contributed by atoms with van der Waals surface area (Å²) in [5.41, 5.74) is 2.35. The number of hydrogen-bond donors (Lipinski definition) is 1. The lowest BCUT2D eigenvalue weighted by molar-refractivity contribution is 0.0641. The van der Waals surface area contributed by atoms with Crippen molar-refractivity contribution in [3.05, 3.63) is 30.1 Å². The van der Waals surface area contributed by atoms with Crippen molar-refractivity contribution in [1.82, 2.24) is 24.7 Å². The van der Waals surface area contributed by atoms with Crippen molar-refractivity contribution in [3.8, 4) is 0 Å². The first-order chi connectivity index (χ1) is 11.6. The van der Waals surface area contributed by atoms with Crippen LogP contribution in [0.15, 0.2) is 24.5 Å². The van der Waals surface area contributed by atoms with Gasteiger partial charge < -0.3 is 19.7 Å². The van der Waals surface area contributed by atoms with E-state index in [0.29, 0.717) is 44.8 Å². The van der Waals surface area contributed by atoms with Crippen LogP contribution in [0, 0.1) is 0 Å². The third kappa shape index (κ3) is 3.06. The van der Waals surface area contributed by atoms with E-state index >= 15 is 0 Å². The molecule has 0 atom stereocenters. The number of hydrogen-bond acceptors (Lipinski definition) is 3.